The first-order chi connectivity index (χ1) is 35.2. The molecular formula is C55H86FN3O16. The SMILES string of the molecule is CC[C@H]1OC(=O)[C@H](C)[C@@H](O[C@H]2CC(C)(OC)[C@@H](O)[C@H](C)O2)[C@H](C)[C@@H](O[C@@H]2O[C@H](C)C[C@H](N(C)CCC(=O)N[C@H](CF)[C@H](OC)c3ccc(-c4ccc(=O)[nH]c4)cc3)[C@H]2O)C(C)(OC)C[C@@H](C)C(=O)[C@H](C)[C@@H](O)C1(C)O. The number of halogens is 1. The van der Waals surface area contributed by atoms with Crippen LogP contribution in [0.25, 0.3) is 11.1 Å². The Labute approximate surface area is 441 Å². The van der Waals surface area contributed by atoms with Crippen LogP contribution in [0.15, 0.2) is 47.4 Å². The standard InChI is InChI=1S/C55H86FN3O16/c1-15-40-55(10,67)48(64)31(4)44(62)29(2)25-54(9,70-14)50(32(5)46(33(6)51(66)73-40)74-43-26-53(8,69-13)49(65)34(7)72-43)75-52-45(63)39(24-30(3)71-52)59(11)23-22-42(61)58-38(27-56)47(68-12)36-18-16-35(17-19-36)37-20-21-41(60)57-28-37/h16-21,28-34,38-40,43,45-50,52,63-65,67H,15,22-27H2,1-14H3,(H,57,60)(H,58,61)/t29-,30-,31+,32+,33-,34+,38-,39+,40-,43+,45-,46+,47-,48-,49+,50-,52+,53?,54?,55?/m1/s1. The fraction of sp³-hybridized carbons (Fsp3) is 0.745. The number of aromatic amines is 1. The van der Waals surface area contributed by atoms with Gasteiger partial charge in [-0.1, -0.05) is 52.0 Å². The summed E-state index contributed by atoms with van der Waals surface area (Å²) in [7, 11) is 6.12. The van der Waals surface area contributed by atoms with Gasteiger partial charge in [-0.15, -0.1) is 0 Å². The molecule has 4 heterocycles. The van der Waals surface area contributed by atoms with Crippen LogP contribution < -0.4 is 10.9 Å². The number of H-pyrrole nitrogens is 1. The summed E-state index contributed by atoms with van der Waals surface area (Å²) in [5.41, 5.74) is -2.53. The smallest absolute Gasteiger partial charge is 0.311 e. The number of alkyl halides is 1. The zero-order chi connectivity index (χ0) is 55.9. The molecule has 75 heavy (non-hydrogen) atoms. The Morgan fingerprint density at radius 3 is 2.09 bits per heavy atom. The Kier molecular flexibility index (Phi) is 21.7. The van der Waals surface area contributed by atoms with E-state index in [4.69, 9.17) is 37.9 Å². The van der Waals surface area contributed by atoms with Crippen molar-refractivity contribution in [3.8, 4) is 11.1 Å². The largest absolute Gasteiger partial charge is 0.459 e. The molecule has 1 aromatic heterocycles. The Morgan fingerprint density at radius 2 is 1.52 bits per heavy atom. The number of hydrogen-bond donors (Lipinski definition) is 6. The Bertz CT molecular complexity index is 2220. The van der Waals surface area contributed by atoms with Crippen LogP contribution in [0.4, 0.5) is 4.39 Å². The van der Waals surface area contributed by atoms with Crippen molar-refractivity contribution in [3.63, 3.8) is 0 Å². The predicted molar refractivity (Wildman–Crippen MR) is 275 cm³/mol. The number of rotatable bonds is 17. The van der Waals surface area contributed by atoms with Gasteiger partial charge in [0.05, 0.1) is 53.7 Å². The molecule has 1 amide bonds. The molecule has 3 unspecified atom stereocenters. The van der Waals surface area contributed by atoms with E-state index in [1.165, 1.54) is 41.2 Å². The summed E-state index contributed by atoms with van der Waals surface area (Å²) in [6.45, 7) is 15.9. The lowest BCUT2D eigenvalue weighted by atomic mass is 9.74. The lowest BCUT2D eigenvalue weighted by Gasteiger charge is -2.50. The molecule has 3 aliphatic rings. The molecule has 3 saturated heterocycles. The molecular weight excluding hydrogens is 978 g/mol. The molecule has 3 aliphatic heterocycles. The van der Waals surface area contributed by atoms with Crippen LogP contribution in [-0.4, -0.2) is 180 Å². The molecule has 20 heteroatoms. The van der Waals surface area contributed by atoms with Gasteiger partial charge in [0, 0.05) is 76.8 Å². The van der Waals surface area contributed by atoms with Crippen LogP contribution in [0.2, 0.25) is 0 Å². The zero-order valence-electron chi connectivity index (χ0n) is 46.3. The molecule has 1 aromatic carbocycles. The van der Waals surface area contributed by atoms with Crippen molar-refractivity contribution < 1.29 is 77.1 Å². The number of Topliss-reactive ketones (excluding diaryl/α,β-unsaturated/α-hetero) is 1. The minimum atomic E-state index is -2.04. The van der Waals surface area contributed by atoms with Crippen molar-refractivity contribution in [1.82, 2.24) is 15.2 Å². The molecule has 3 fully saturated rings. The van der Waals surface area contributed by atoms with E-state index in [1.54, 1.807) is 79.9 Å². The molecule has 0 saturated carbocycles. The lowest BCUT2D eigenvalue weighted by molar-refractivity contribution is -0.319. The highest BCUT2D eigenvalue weighted by molar-refractivity contribution is 5.83. The number of methoxy groups -OCH3 is 3. The van der Waals surface area contributed by atoms with Gasteiger partial charge in [0.15, 0.2) is 12.6 Å². The van der Waals surface area contributed by atoms with Crippen molar-refractivity contribution in [2.24, 2.45) is 23.7 Å². The number of nitrogens with zero attached hydrogens (tertiary/aromatic N) is 1. The van der Waals surface area contributed by atoms with Crippen LogP contribution in [0, 0.1) is 23.7 Å². The molecule has 424 valence electrons. The second kappa shape index (κ2) is 26.3. The summed E-state index contributed by atoms with van der Waals surface area (Å²) < 4.78 is 64.9. The van der Waals surface area contributed by atoms with Crippen LogP contribution in [0.3, 0.4) is 0 Å². The third-order valence-electron chi connectivity index (χ3n) is 16.4. The summed E-state index contributed by atoms with van der Waals surface area (Å²) in [4.78, 5) is 58.3. The van der Waals surface area contributed by atoms with E-state index in [1.807, 2.05) is 24.0 Å². The van der Waals surface area contributed by atoms with Crippen LogP contribution >= 0.6 is 0 Å². The van der Waals surface area contributed by atoms with E-state index in [0.717, 1.165) is 11.1 Å². The van der Waals surface area contributed by atoms with E-state index in [0.29, 0.717) is 12.0 Å². The number of carbonyl (C=O) groups excluding carboxylic acids is 3. The molecule has 0 radical (unpaired) electrons. The van der Waals surface area contributed by atoms with Gasteiger partial charge >= 0.3 is 5.97 Å². The number of nitrogens with one attached hydrogen (secondary N) is 2. The van der Waals surface area contributed by atoms with Crippen molar-refractivity contribution >= 4 is 17.7 Å². The summed E-state index contributed by atoms with van der Waals surface area (Å²) >= 11 is 0. The fourth-order valence-electron chi connectivity index (χ4n) is 11.4. The first-order valence-electron chi connectivity index (χ1n) is 26.3. The highest BCUT2D eigenvalue weighted by Crippen LogP contribution is 2.42. The number of aromatic nitrogens is 1. The maximum Gasteiger partial charge on any atom is 0.311 e. The maximum absolute atomic E-state index is 14.7. The second-order valence-corrected chi connectivity index (χ2v) is 21.9. The maximum atomic E-state index is 14.7. The Hall–Kier alpha value is -3.77. The minimum absolute atomic E-state index is 0.00683. The van der Waals surface area contributed by atoms with Gasteiger partial charge < -0.3 is 73.5 Å². The molecule has 20 atom stereocenters. The third kappa shape index (κ3) is 14.3. The minimum Gasteiger partial charge on any atom is -0.459 e. The zero-order valence-corrected chi connectivity index (χ0v) is 46.3. The summed E-state index contributed by atoms with van der Waals surface area (Å²) in [5, 5.41) is 49.6. The van der Waals surface area contributed by atoms with E-state index in [2.05, 4.69) is 10.3 Å². The third-order valence-corrected chi connectivity index (χ3v) is 16.4. The van der Waals surface area contributed by atoms with Crippen molar-refractivity contribution in [2.75, 3.05) is 41.6 Å². The Balaban J connectivity index is 1.42. The molecule has 0 bridgehead atoms. The fourth-order valence-corrected chi connectivity index (χ4v) is 11.4. The predicted octanol–water partition coefficient (Wildman–Crippen LogP) is 4.40. The number of ketones is 1. The van der Waals surface area contributed by atoms with Gasteiger partial charge in [0.2, 0.25) is 11.5 Å². The first-order valence-corrected chi connectivity index (χ1v) is 26.3. The van der Waals surface area contributed by atoms with E-state index < -0.39 is 139 Å². The Morgan fingerprint density at radius 1 is 0.880 bits per heavy atom. The van der Waals surface area contributed by atoms with Crippen molar-refractivity contribution in [3.05, 3.63) is 58.5 Å². The molecule has 19 nitrogen and oxygen atoms in total. The number of ether oxygens (including phenoxy) is 8. The molecule has 5 rings (SSSR count). The summed E-state index contributed by atoms with van der Waals surface area (Å²) in [6.07, 6.45) is -9.90. The number of amides is 1. The van der Waals surface area contributed by atoms with Crippen LogP contribution in [0.1, 0.15) is 113 Å². The summed E-state index contributed by atoms with van der Waals surface area (Å²) in [6, 6.07) is 8.66. The molecule has 0 aliphatic carbocycles. The van der Waals surface area contributed by atoms with Gasteiger partial charge in [-0.25, -0.2) is 4.39 Å². The lowest BCUT2D eigenvalue weighted by Crippen LogP contribution is -2.61. The van der Waals surface area contributed by atoms with Gasteiger partial charge in [-0.3, -0.25) is 19.2 Å². The number of cyclic esters (lactones) is 1. The quantitative estimate of drug-likeness (QED) is 0.120. The number of aliphatic hydroxyl groups is 4. The highest BCUT2D eigenvalue weighted by Gasteiger charge is 2.54. The van der Waals surface area contributed by atoms with Gasteiger partial charge in [-0.2, -0.15) is 0 Å². The summed E-state index contributed by atoms with van der Waals surface area (Å²) in [5.74, 6) is -5.49. The number of hydrogen-bond acceptors (Lipinski definition) is 17. The average molecular weight is 1060 g/mol. The highest BCUT2D eigenvalue weighted by atomic mass is 19.1. The topological polar surface area (TPSA) is 254 Å². The molecule has 6 N–H and O–H groups in total. The molecule has 2 aromatic rings. The number of likely N-dealkylation sites (N-methyl/N-ethyl adjacent to an activating group) is 1. The second-order valence-electron chi connectivity index (χ2n) is 21.9. The van der Waals surface area contributed by atoms with E-state index in [-0.39, 0.29) is 43.6 Å². The number of pyridine rings is 1. The monoisotopic (exact) mass is 1060 g/mol. The van der Waals surface area contributed by atoms with Crippen molar-refractivity contribution in [2.45, 2.75) is 198 Å². The van der Waals surface area contributed by atoms with Gasteiger partial charge in [0.25, 0.3) is 0 Å². The number of esters is 1. The van der Waals surface area contributed by atoms with Crippen LogP contribution in [-0.2, 0) is 52.3 Å². The molecule has 0 spiro atoms. The first kappa shape index (κ1) is 62.1. The average Bonchev–Trinajstić information content (AvgIpc) is 3.38. The number of benzene rings is 1. The van der Waals surface area contributed by atoms with E-state index >= 15 is 0 Å². The number of aliphatic hydroxyl groups excluding tert-OH is 3. The van der Waals surface area contributed by atoms with Crippen LogP contribution in [0.5, 0.6) is 0 Å². The van der Waals surface area contributed by atoms with Gasteiger partial charge in [0.1, 0.15) is 42.5 Å². The van der Waals surface area contributed by atoms with E-state index in [9.17, 15) is 44.0 Å². The van der Waals surface area contributed by atoms with Gasteiger partial charge in [-0.05, 0) is 90.6 Å². The van der Waals surface area contributed by atoms with Crippen molar-refractivity contribution in [1.29, 1.82) is 0 Å². The number of carbonyl (C=O) groups is 3. The normalized spacial score (nSPS) is 38.3.